The second-order valence-electron chi connectivity index (χ2n) is 4.59. The third-order valence-corrected chi connectivity index (χ3v) is 2.34. The Morgan fingerprint density at radius 3 is 2.27 bits per heavy atom. The Morgan fingerprint density at radius 1 is 1.07 bits per heavy atom. The number of hydrogen-bond donors (Lipinski definition) is 0. The standard InChI is InChI=1S/C13H26O2/c1-4-5-6-7-8-9-10-15-13(14)11-12(2)3/h12H,4-11H2,1-3H3. The van der Waals surface area contributed by atoms with Gasteiger partial charge in [0.15, 0.2) is 0 Å². The SMILES string of the molecule is CCCCCCCCOC(=O)CC(C)C. The van der Waals surface area contributed by atoms with Crippen molar-refractivity contribution >= 4 is 5.97 Å². The average Bonchev–Trinajstić information content (AvgIpc) is 2.15. The first-order chi connectivity index (χ1) is 7.16. The molecule has 0 spiro atoms. The second kappa shape index (κ2) is 10.0. The molecule has 0 N–H and O–H groups in total. The van der Waals surface area contributed by atoms with Gasteiger partial charge in [0.2, 0.25) is 0 Å². The van der Waals surface area contributed by atoms with Crippen molar-refractivity contribution in [1.29, 1.82) is 0 Å². The van der Waals surface area contributed by atoms with Gasteiger partial charge in [0.1, 0.15) is 0 Å². The molecule has 0 saturated heterocycles. The fourth-order valence-corrected chi connectivity index (χ4v) is 1.46. The summed E-state index contributed by atoms with van der Waals surface area (Å²) in [6, 6.07) is 0. The lowest BCUT2D eigenvalue weighted by atomic mass is 10.1. The topological polar surface area (TPSA) is 26.3 Å². The van der Waals surface area contributed by atoms with Crippen LogP contribution < -0.4 is 0 Å². The predicted octanol–water partition coefficient (Wildman–Crippen LogP) is 3.94. The number of rotatable bonds is 9. The smallest absolute Gasteiger partial charge is 0.306 e. The van der Waals surface area contributed by atoms with E-state index in [0.29, 0.717) is 18.9 Å². The molecule has 0 aliphatic rings. The van der Waals surface area contributed by atoms with Gasteiger partial charge in [-0.05, 0) is 12.3 Å². The summed E-state index contributed by atoms with van der Waals surface area (Å²) in [6.45, 7) is 6.89. The van der Waals surface area contributed by atoms with Crippen LogP contribution in [0.4, 0.5) is 0 Å². The van der Waals surface area contributed by atoms with Crippen molar-refractivity contribution in [1.82, 2.24) is 0 Å². The highest BCUT2D eigenvalue weighted by Gasteiger charge is 2.04. The first-order valence-corrected chi connectivity index (χ1v) is 6.32. The minimum absolute atomic E-state index is 0.0430. The molecule has 0 bridgehead atoms. The second-order valence-corrected chi connectivity index (χ2v) is 4.59. The molecule has 2 nitrogen and oxygen atoms in total. The van der Waals surface area contributed by atoms with Gasteiger partial charge in [-0.2, -0.15) is 0 Å². The van der Waals surface area contributed by atoms with E-state index in [1.54, 1.807) is 0 Å². The van der Waals surface area contributed by atoms with Crippen LogP contribution in [0.5, 0.6) is 0 Å². The molecule has 0 aliphatic carbocycles. The largest absolute Gasteiger partial charge is 0.466 e. The summed E-state index contributed by atoms with van der Waals surface area (Å²) in [5.41, 5.74) is 0. The van der Waals surface area contributed by atoms with Crippen LogP contribution in [0.25, 0.3) is 0 Å². The normalized spacial score (nSPS) is 10.7. The van der Waals surface area contributed by atoms with Gasteiger partial charge >= 0.3 is 5.97 Å². The van der Waals surface area contributed by atoms with E-state index in [-0.39, 0.29) is 5.97 Å². The van der Waals surface area contributed by atoms with Gasteiger partial charge in [0.05, 0.1) is 6.61 Å². The molecule has 2 heteroatoms. The first kappa shape index (κ1) is 14.5. The monoisotopic (exact) mass is 214 g/mol. The first-order valence-electron chi connectivity index (χ1n) is 6.32. The minimum Gasteiger partial charge on any atom is -0.466 e. The number of unbranched alkanes of at least 4 members (excludes halogenated alkanes) is 5. The molecule has 0 saturated carbocycles. The zero-order valence-corrected chi connectivity index (χ0v) is 10.6. The Bertz CT molecular complexity index is 153. The van der Waals surface area contributed by atoms with Crippen LogP contribution >= 0.6 is 0 Å². The van der Waals surface area contributed by atoms with Crippen LogP contribution in [0.15, 0.2) is 0 Å². The number of carbonyl (C=O) groups excluding carboxylic acids is 1. The third-order valence-electron chi connectivity index (χ3n) is 2.34. The summed E-state index contributed by atoms with van der Waals surface area (Å²) in [6.07, 6.45) is 7.96. The highest BCUT2D eigenvalue weighted by molar-refractivity contribution is 5.69. The molecular formula is C13H26O2. The number of ether oxygens (including phenoxy) is 1. The summed E-state index contributed by atoms with van der Waals surface area (Å²) in [4.78, 5) is 11.2. The zero-order valence-electron chi connectivity index (χ0n) is 10.6. The van der Waals surface area contributed by atoms with Gasteiger partial charge in [-0.3, -0.25) is 4.79 Å². The number of carbonyl (C=O) groups is 1. The van der Waals surface area contributed by atoms with Crippen molar-refractivity contribution in [2.75, 3.05) is 6.61 Å². The third kappa shape index (κ3) is 11.4. The summed E-state index contributed by atoms with van der Waals surface area (Å²) in [5.74, 6) is 0.362. The molecular weight excluding hydrogens is 188 g/mol. The van der Waals surface area contributed by atoms with E-state index in [4.69, 9.17) is 4.74 Å². The van der Waals surface area contributed by atoms with E-state index in [1.165, 1.54) is 32.1 Å². The quantitative estimate of drug-likeness (QED) is 0.429. The molecule has 90 valence electrons. The Balaban J connectivity index is 3.13. The Labute approximate surface area is 94.4 Å². The molecule has 0 unspecified atom stereocenters. The van der Waals surface area contributed by atoms with E-state index >= 15 is 0 Å². The van der Waals surface area contributed by atoms with Crippen LogP contribution in [0, 0.1) is 5.92 Å². The van der Waals surface area contributed by atoms with Crippen LogP contribution in [0.3, 0.4) is 0 Å². The van der Waals surface area contributed by atoms with Crippen LogP contribution in [-0.4, -0.2) is 12.6 Å². The summed E-state index contributed by atoms with van der Waals surface area (Å²) in [7, 11) is 0. The zero-order chi connectivity index (χ0) is 11.5. The van der Waals surface area contributed by atoms with Crippen LogP contribution in [-0.2, 0) is 9.53 Å². The molecule has 0 aromatic rings. The number of esters is 1. The number of hydrogen-bond acceptors (Lipinski definition) is 2. The van der Waals surface area contributed by atoms with Crippen molar-refractivity contribution < 1.29 is 9.53 Å². The van der Waals surface area contributed by atoms with E-state index in [9.17, 15) is 4.79 Å². The van der Waals surface area contributed by atoms with E-state index in [1.807, 2.05) is 13.8 Å². The van der Waals surface area contributed by atoms with Crippen LogP contribution in [0.1, 0.15) is 65.7 Å². The maximum absolute atomic E-state index is 11.2. The van der Waals surface area contributed by atoms with Gasteiger partial charge in [0, 0.05) is 6.42 Å². The molecule has 0 aliphatic heterocycles. The Morgan fingerprint density at radius 2 is 1.67 bits per heavy atom. The van der Waals surface area contributed by atoms with Crippen LogP contribution in [0.2, 0.25) is 0 Å². The Kier molecular flexibility index (Phi) is 9.65. The fraction of sp³-hybridized carbons (Fsp3) is 0.923. The average molecular weight is 214 g/mol. The van der Waals surface area contributed by atoms with Gasteiger partial charge in [-0.15, -0.1) is 0 Å². The summed E-state index contributed by atoms with van der Waals surface area (Å²) in [5, 5.41) is 0. The summed E-state index contributed by atoms with van der Waals surface area (Å²) >= 11 is 0. The maximum atomic E-state index is 11.2. The van der Waals surface area contributed by atoms with Crippen molar-refractivity contribution in [2.45, 2.75) is 65.7 Å². The van der Waals surface area contributed by atoms with Crippen molar-refractivity contribution in [3.8, 4) is 0 Å². The molecule has 0 radical (unpaired) electrons. The van der Waals surface area contributed by atoms with Gasteiger partial charge in [-0.25, -0.2) is 0 Å². The van der Waals surface area contributed by atoms with Crippen molar-refractivity contribution in [3.05, 3.63) is 0 Å². The lowest BCUT2D eigenvalue weighted by Gasteiger charge is -2.06. The van der Waals surface area contributed by atoms with Crippen molar-refractivity contribution in [3.63, 3.8) is 0 Å². The molecule has 0 amide bonds. The van der Waals surface area contributed by atoms with E-state index in [2.05, 4.69) is 6.92 Å². The Hall–Kier alpha value is -0.530. The fourth-order valence-electron chi connectivity index (χ4n) is 1.46. The summed E-state index contributed by atoms with van der Waals surface area (Å²) < 4.78 is 5.12. The maximum Gasteiger partial charge on any atom is 0.306 e. The minimum atomic E-state index is -0.0430. The molecule has 0 aromatic carbocycles. The molecule has 0 heterocycles. The van der Waals surface area contributed by atoms with Gasteiger partial charge < -0.3 is 4.74 Å². The predicted molar refractivity (Wildman–Crippen MR) is 63.8 cm³/mol. The molecule has 0 aromatic heterocycles. The lowest BCUT2D eigenvalue weighted by Crippen LogP contribution is -2.08. The molecule has 15 heavy (non-hydrogen) atoms. The molecule has 0 atom stereocenters. The molecule has 0 fully saturated rings. The van der Waals surface area contributed by atoms with Gasteiger partial charge in [0.25, 0.3) is 0 Å². The van der Waals surface area contributed by atoms with Crippen molar-refractivity contribution in [2.24, 2.45) is 5.92 Å². The highest BCUT2D eigenvalue weighted by atomic mass is 16.5. The van der Waals surface area contributed by atoms with E-state index < -0.39 is 0 Å². The lowest BCUT2D eigenvalue weighted by molar-refractivity contribution is -0.144. The molecule has 0 rings (SSSR count). The van der Waals surface area contributed by atoms with Gasteiger partial charge in [-0.1, -0.05) is 52.9 Å². The highest BCUT2D eigenvalue weighted by Crippen LogP contribution is 2.06. The van der Waals surface area contributed by atoms with E-state index in [0.717, 1.165) is 6.42 Å².